The van der Waals surface area contributed by atoms with Gasteiger partial charge in [0, 0.05) is 5.33 Å². The summed E-state index contributed by atoms with van der Waals surface area (Å²) in [7, 11) is 0. The molecule has 1 heteroatoms. The number of halogens is 1. The van der Waals surface area contributed by atoms with Crippen LogP contribution in [0.3, 0.4) is 0 Å². The van der Waals surface area contributed by atoms with Gasteiger partial charge in [0.25, 0.3) is 0 Å². The maximum Gasteiger partial charge on any atom is 0.00313 e. The summed E-state index contributed by atoms with van der Waals surface area (Å²) >= 11 is 3.51. The van der Waals surface area contributed by atoms with Crippen LogP contribution >= 0.6 is 15.9 Å². The summed E-state index contributed by atoms with van der Waals surface area (Å²) in [5, 5.41) is 1.18. The third-order valence-electron chi connectivity index (χ3n) is 5.13. The van der Waals surface area contributed by atoms with E-state index >= 15 is 0 Å². The van der Waals surface area contributed by atoms with E-state index in [4.69, 9.17) is 0 Å². The second kappa shape index (κ2) is 20.5. The summed E-state index contributed by atoms with van der Waals surface area (Å²) in [6.07, 6.45) is 26.2. The van der Waals surface area contributed by atoms with Gasteiger partial charge in [0.05, 0.1) is 0 Å². The van der Waals surface area contributed by atoms with Crippen molar-refractivity contribution in [2.24, 2.45) is 5.92 Å². The van der Waals surface area contributed by atoms with Gasteiger partial charge in [0.1, 0.15) is 0 Å². The highest BCUT2D eigenvalue weighted by molar-refractivity contribution is 9.09. The van der Waals surface area contributed by atoms with Crippen LogP contribution in [0.15, 0.2) is 0 Å². The van der Waals surface area contributed by atoms with E-state index in [0.29, 0.717) is 0 Å². The standard InChI is InChI=1S/C22H45Br/c1-3-4-5-6-7-8-9-10-11-13-16-19-22(2)20-17-14-12-15-18-21-23/h22H,3-21H2,1-2H3/t22-/m0/s1. The first-order chi connectivity index (χ1) is 11.3. The van der Waals surface area contributed by atoms with Crippen LogP contribution in [0.4, 0.5) is 0 Å². The average Bonchev–Trinajstić information content (AvgIpc) is 2.56. The van der Waals surface area contributed by atoms with Gasteiger partial charge >= 0.3 is 0 Å². The first-order valence-corrected chi connectivity index (χ1v) is 12.0. The van der Waals surface area contributed by atoms with E-state index in [1.54, 1.807) is 0 Å². The molecule has 0 spiro atoms. The Kier molecular flexibility index (Phi) is 21.0. The topological polar surface area (TPSA) is 0 Å². The smallest absolute Gasteiger partial charge is 0.00313 e. The third kappa shape index (κ3) is 20.4. The van der Waals surface area contributed by atoms with Crippen molar-refractivity contribution in [2.75, 3.05) is 5.33 Å². The SMILES string of the molecule is CCCCCCCCCCCCC[C@H](C)CCCCCCCBr. The zero-order valence-corrected chi connectivity index (χ0v) is 18.0. The number of unbranched alkanes of at least 4 members (excludes halogenated alkanes) is 14. The van der Waals surface area contributed by atoms with Gasteiger partial charge < -0.3 is 0 Å². The Hall–Kier alpha value is 0.480. The predicted molar refractivity (Wildman–Crippen MR) is 112 cm³/mol. The van der Waals surface area contributed by atoms with Crippen molar-refractivity contribution in [3.63, 3.8) is 0 Å². The minimum Gasteiger partial charge on any atom is -0.0928 e. The van der Waals surface area contributed by atoms with Gasteiger partial charge in [-0.05, 0) is 12.3 Å². The molecule has 0 N–H and O–H groups in total. The number of rotatable bonds is 19. The molecule has 0 heterocycles. The van der Waals surface area contributed by atoms with Crippen LogP contribution in [0, 0.1) is 5.92 Å². The Balaban J connectivity index is 3.10. The van der Waals surface area contributed by atoms with E-state index in [1.807, 2.05) is 0 Å². The Labute approximate surface area is 156 Å². The third-order valence-corrected chi connectivity index (χ3v) is 5.69. The number of alkyl halides is 1. The van der Waals surface area contributed by atoms with E-state index in [2.05, 4.69) is 29.8 Å². The summed E-state index contributed by atoms with van der Waals surface area (Å²) in [5.41, 5.74) is 0. The maximum atomic E-state index is 3.51. The molecule has 0 bridgehead atoms. The second-order valence-corrected chi connectivity index (χ2v) is 8.47. The molecule has 0 saturated heterocycles. The highest BCUT2D eigenvalue weighted by atomic mass is 79.9. The summed E-state index contributed by atoms with van der Waals surface area (Å²) in [5.74, 6) is 0.963. The summed E-state index contributed by atoms with van der Waals surface area (Å²) in [6.45, 7) is 4.77. The van der Waals surface area contributed by atoms with Crippen molar-refractivity contribution < 1.29 is 0 Å². The van der Waals surface area contributed by atoms with Crippen LogP contribution < -0.4 is 0 Å². The molecule has 0 amide bonds. The van der Waals surface area contributed by atoms with E-state index < -0.39 is 0 Å². The quantitative estimate of drug-likeness (QED) is 0.153. The molecule has 1 atom stereocenters. The summed E-state index contributed by atoms with van der Waals surface area (Å²) < 4.78 is 0. The van der Waals surface area contributed by atoms with Crippen molar-refractivity contribution in [1.29, 1.82) is 0 Å². The molecular formula is C22H45Br. The Morgan fingerprint density at radius 3 is 1.26 bits per heavy atom. The molecule has 0 aliphatic carbocycles. The van der Waals surface area contributed by atoms with Crippen LogP contribution in [0.5, 0.6) is 0 Å². The fourth-order valence-electron chi connectivity index (χ4n) is 3.42. The molecule has 0 rings (SSSR count). The van der Waals surface area contributed by atoms with Gasteiger partial charge in [-0.2, -0.15) is 0 Å². The van der Waals surface area contributed by atoms with Crippen molar-refractivity contribution in [1.82, 2.24) is 0 Å². The van der Waals surface area contributed by atoms with E-state index in [-0.39, 0.29) is 0 Å². The summed E-state index contributed by atoms with van der Waals surface area (Å²) in [4.78, 5) is 0. The van der Waals surface area contributed by atoms with Crippen LogP contribution in [-0.2, 0) is 0 Å². The minimum absolute atomic E-state index is 0.963. The number of hydrogen-bond donors (Lipinski definition) is 0. The molecule has 0 aromatic heterocycles. The lowest BCUT2D eigenvalue weighted by atomic mass is 9.96. The van der Waals surface area contributed by atoms with Crippen LogP contribution in [0.2, 0.25) is 0 Å². The fraction of sp³-hybridized carbons (Fsp3) is 1.00. The summed E-state index contributed by atoms with van der Waals surface area (Å²) in [6, 6.07) is 0. The number of hydrogen-bond acceptors (Lipinski definition) is 0. The largest absolute Gasteiger partial charge is 0.0928 e. The molecule has 0 nitrogen and oxygen atoms in total. The molecule has 0 aromatic rings. The van der Waals surface area contributed by atoms with Gasteiger partial charge in [0.2, 0.25) is 0 Å². The Morgan fingerprint density at radius 1 is 0.522 bits per heavy atom. The van der Waals surface area contributed by atoms with Gasteiger partial charge in [-0.25, -0.2) is 0 Å². The van der Waals surface area contributed by atoms with Crippen LogP contribution in [0.1, 0.15) is 129 Å². The molecular weight excluding hydrogens is 344 g/mol. The molecule has 23 heavy (non-hydrogen) atoms. The zero-order valence-electron chi connectivity index (χ0n) is 16.4. The Bertz CT molecular complexity index is 202. The molecule has 140 valence electrons. The Morgan fingerprint density at radius 2 is 0.870 bits per heavy atom. The molecule has 0 unspecified atom stereocenters. The molecule has 0 saturated carbocycles. The molecule has 0 aliphatic rings. The molecule has 0 aromatic carbocycles. The monoisotopic (exact) mass is 388 g/mol. The van der Waals surface area contributed by atoms with Gasteiger partial charge in [-0.3, -0.25) is 0 Å². The van der Waals surface area contributed by atoms with E-state index in [1.165, 1.54) is 121 Å². The lowest BCUT2D eigenvalue weighted by molar-refractivity contribution is 0.431. The van der Waals surface area contributed by atoms with Crippen molar-refractivity contribution in [2.45, 2.75) is 129 Å². The lowest BCUT2D eigenvalue weighted by Gasteiger charge is -2.11. The molecule has 0 fully saturated rings. The lowest BCUT2D eigenvalue weighted by Crippen LogP contribution is -1.95. The van der Waals surface area contributed by atoms with Gasteiger partial charge in [-0.1, -0.05) is 139 Å². The van der Waals surface area contributed by atoms with Gasteiger partial charge in [-0.15, -0.1) is 0 Å². The van der Waals surface area contributed by atoms with E-state index in [0.717, 1.165) is 5.92 Å². The first-order valence-electron chi connectivity index (χ1n) is 10.9. The minimum atomic E-state index is 0.963. The highest BCUT2D eigenvalue weighted by Gasteiger charge is 2.02. The van der Waals surface area contributed by atoms with E-state index in [9.17, 15) is 0 Å². The average molecular weight is 390 g/mol. The second-order valence-electron chi connectivity index (χ2n) is 7.67. The molecule has 0 radical (unpaired) electrons. The van der Waals surface area contributed by atoms with Crippen LogP contribution in [-0.4, -0.2) is 5.33 Å². The van der Waals surface area contributed by atoms with Crippen molar-refractivity contribution in [3.05, 3.63) is 0 Å². The van der Waals surface area contributed by atoms with Crippen molar-refractivity contribution in [3.8, 4) is 0 Å². The highest BCUT2D eigenvalue weighted by Crippen LogP contribution is 2.18. The normalized spacial score (nSPS) is 12.7. The molecule has 0 aliphatic heterocycles. The first kappa shape index (κ1) is 23.5. The fourth-order valence-corrected chi connectivity index (χ4v) is 3.82. The maximum absolute atomic E-state index is 3.51. The predicted octanol–water partition coefficient (Wildman–Crippen LogP) is 9.06. The van der Waals surface area contributed by atoms with Crippen LogP contribution in [0.25, 0.3) is 0 Å². The van der Waals surface area contributed by atoms with Gasteiger partial charge in [0.15, 0.2) is 0 Å². The zero-order chi connectivity index (χ0) is 17.0. The van der Waals surface area contributed by atoms with Crippen molar-refractivity contribution >= 4 is 15.9 Å².